The lowest BCUT2D eigenvalue weighted by Gasteiger charge is -2.43. The topological polar surface area (TPSA) is 55.6 Å². The van der Waals surface area contributed by atoms with Gasteiger partial charge in [0.2, 0.25) is 0 Å². The van der Waals surface area contributed by atoms with E-state index in [1.165, 1.54) is 6.42 Å². The highest BCUT2D eigenvalue weighted by Gasteiger charge is 2.37. The van der Waals surface area contributed by atoms with Crippen molar-refractivity contribution in [3.63, 3.8) is 0 Å². The Labute approximate surface area is 123 Å². The Hall–Kier alpha value is -1.26. The molecule has 2 aliphatic rings. The van der Waals surface area contributed by atoms with Gasteiger partial charge in [-0.05, 0) is 31.0 Å². The van der Waals surface area contributed by atoms with Crippen molar-refractivity contribution in [2.75, 3.05) is 18.9 Å². The van der Waals surface area contributed by atoms with Gasteiger partial charge in [-0.2, -0.15) is 0 Å². The highest BCUT2D eigenvalue weighted by molar-refractivity contribution is 6.34. The van der Waals surface area contributed by atoms with Gasteiger partial charge in [-0.3, -0.25) is 4.79 Å². The van der Waals surface area contributed by atoms with E-state index in [-0.39, 0.29) is 18.1 Å². The normalized spacial score (nSPS) is 26.1. The van der Waals surface area contributed by atoms with Crippen LogP contribution in [0.2, 0.25) is 5.02 Å². The van der Waals surface area contributed by atoms with E-state index in [9.17, 15) is 4.79 Å². The van der Waals surface area contributed by atoms with E-state index in [0.29, 0.717) is 29.4 Å². The van der Waals surface area contributed by atoms with E-state index >= 15 is 0 Å². The number of hydrogen-bond donors (Lipinski definition) is 1. The smallest absolute Gasteiger partial charge is 0.255 e. The van der Waals surface area contributed by atoms with Gasteiger partial charge < -0.3 is 15.4 Å². The first kappa shape index (κ1) is 13.7. The van der Waals surface area contributed by atoms with E-state index in [1.54, 1.807) is 18.2 Å². The number of halogens is 1. The second kappa shape index (κ2) is 5.62. The van der Waals surface area contributed by atoms with Crippen LogP contribution >= 0.6 is 11.6 Å². The van der Waals surface area contributed by atoms with E-state index in [2.05, 4.69) is 0 Å². The zero-order valence-electron chi connectivity index (χ0n) is 11.3. The average molecular weight is 295 g/mol. The summed E-state index contributed by atoms with van der Waals surface area (Å²) in [4.78, 5) is 14.7. The molecule has 2 atom stereocenters. The van der Waals surface area contributed by atoms with Crippen LogP contribution in [-0.4, -0.2) is 36.1 Å². The van der Waals surface area contributed by atoms with Crippen LogP contribution in [0.15, 0.2) is 18.2 Å². The number of nitrogens with two attached hydrogens (primary N) is 1. The number of fused-ring (bicyclic) bond motifs is 1. The third kappa shape index (κ3) is 2.50. The quantitative estimate of drug-likeness (QED) is 0.810. The first-order valence-corrected chi connectivity index (χ1v) is 7.52. The zero-order chi connectivity index (χ0) is 14.1. The summed E-state index contributed by atoms with van der Waals surface area (Å²) in [5.74, 6) is -0.0255. The molecule has 0 radical (unpaired) electrons. The van der Waals surface area contributed by atoms with Crippen LogP contribution < -0.4 is 5.73 Å². The van der Waals surface area contributed by atoms with Gasteiger partial charge in [-0.25, -0.2) is 0 Å². The molecule has 5 heteroatoms. The lowest BCUT2D eigenvalue weighted by atomic mass is 9.89. The van der Waals surface area contributed by atoms with Crippen molar-refractivity contribution < 1.29 is 9.53 Å². The molecule has 4 nitrogen and oxygen atoms in total. The molecule has 3 rings (SSSR count). The molecule has 1 aliphatic carbocycles. The Morgan fingerprint density at radius 1 is 1.35 bits per heavy atom. The third-order valence-corrected chi connectivity index (χ3v) is 4.54. The van der Waals surface area contributed by atoms with Crippen molar-refractivity contribution in [3.05, 3.63) is 28.8 Å². The van der Waals surface area contributed by atoms with E-state index in [0.717, 1.165) is 19.3 Å². The predicted octanol–water partition coefficient (Wildman–Crippen LogP) is 2.71. The molecule has 2 unspecified atom stereocenters. The van der Waals surface area contributed by atoms with Crippen molar-refractivity contribution in [1.29, 1.82) is 0 Å². The summed E-state index contributed by atoms with van der Waals surface area (Å²) in [6, 6.07) is 5.24. The summed E-state index contributed by atoms with van der Waals surface area (Å²) in [6.07, 6.45) is 4.57. The van der Waals surface area contributed by atoms with E-state index in [4.69, 9.17) is 22.1 Å². The molecule has 1 aliphatic heterocycles. The molecule has 0 bridgehead atoms. The van der Waals surface area contributed by atoms with Crippen LogP contribution in [0.5, 0.6) is 0 Å². The molecule has 20 heavy (non-hydrogen) atoms. The molecule has 1 aromatic rings. The Morgan fingerprint density at radius 3 is 3.00 bits per heavy atom. The third-order valence-electron chi connectivity index (χ3n) is 4.21. The van der Waals surface area contributed by atoms with Crippen molar-refractivity contribution >= 4 is 23.2 Å². The first-order valence-electron chi connectivity index (χ1n) is 7.14. The molecule has 0 spiro atoms. The summed E-state index contributed by atoms with van der Waals surface area (Å²) in [5.41, 5.74) is 6.83. The Morgan fingerprint density at radius 2 is 2.15 bits per heavy atom. The number of carbonyl (C=O) groups excluding carboxylic acids is 1. The number of amides is 1. The monoisotopic (exact) mass is 294 g/mol. The standard InChI is InChI=1S/C15H19ClN2O2/c16-12-6-5-10(17)9-11(12)15(19)18-7-8-20-14-4-2-1-3-13(14)18/h5-6,9,13-14H,1-4,7-8,17H2. The largest absolute Gasteiger partial charge is 0.399 e. The zero-order valence-corrected chi connectivity index (χ0v) is 12.1. The average Bonchev–Trinajstić information content (AvgIpc) is 2.48. The summed E-state index contributed by atoms with van der Waals surface area (Å²) in [6.45, 7) is 1.23. The van der Waals surface area contributed by atoms with E-state index < -0.39 is 0 Å². The minimum absolute atomic E-state index is 0.0255. The molecule has 108 valence electrons. The fourth-order valence-electron chi connectivity index (χ4n) is 3.21. The second-order valence-corrected chi connectivity index (χ2v) is 5.91. The Kier molecular flexibility index (Phi) is 3.85. The molecular formula is C15H19ClN2O2. The van der Waals surface area contributed by atoms with Crippen LogP contribution in [0.3, 0.4) is 0 Å². The maximum atomic E-state index is 12.8. The van der Waals surface area contributed by atoms with Crippen molar-refractivity contribution in [3.8, 4) is 0 Å². The molecule has 2 fully saturated rings. The van der Waals surface area contributed by atoms with Gasteiger partial charge in [0, 0.05) is 12.2 Å². The molecule has 1 aromatic carbocycles. The fraction of sp³-hybridized carbons (Fsp3) is 0.533. The minimum atomic E-state index is -0.0255. The highest BCUT2D eigenvalue weighted by atomic mass is 35.5. The molecular weight excluding hydrogens is 276 g/mol. The second-order valence-electron chi connectivity index (χ2n) is 5.50. The number of carbonyl (C=O) groups is 1. The Balaban J connectivity index is 1.87. The predicted molar refractivity (Wildman–Crippen MR) is 78.9 cm³/mol. The summed E-state index contributed by atoms with van der Waals surface area (Å²) < 4.78 is 5.80. The number of rotatable bonds is 1. The van der Waals surface area contributed by atoms with Gasteiger partial charge in [0.05, 0.1) is 29.3 Å². The van der Waals surface area contributed by atoms with Crippen LogP contribution in [0, 0.1) is 0 Å². The molecule has 2 N–H and O–H groups in total. The molecule has 0 aromatic heterocycles. The number of hydrogen-bond acceptors (Lipinski definition) is 3. The lowest BCUT2D eigenvalue weighted by molar-refractivity contribution is -0.0752. The lowest BCUT2D eigenvalue weighted by Crippen LogP contribution is -2.54. The van der Waals surface area contributed by atoms with Crippen molar-refractivity contribution in [1.82, 2.24) is 4.90 Å². The van der Waals surface area contributed by atoms with Crippen LogP contribution in [-0.2, 0) is 4.74 Å². The summed E-state index contributed by atoms with van der Waals surface area (Å²) >= 11 is 6.15. The Bertz CT molecular complexity index is 519. The van der Waals surface area contributed by atoms with Crippen LogP contribution in [0.4, 0.5) is 5.69 Å². The van der Waals surface area contributed by atoms with Crippen molar-refractivity contribution in [2.45, 2.75) is 37.8 Å². The fourth-order valence-corrected chi connectivity index (χ4v) is 3.41. The van der Waals surface area contributed by atoms with Gasteiger partial charge in [0.25, 0.3) is 5.91 Å². The number of benzene rings is 1. The van der Waals surface area contributed by atoms with Crippen LogP contribution in [0.1, 0.15) is 36.0 Å². The summed E-state index contributed by atoms with van der Waals surface area (Å²) in [7, 11) is 0. The number of nitrogens with zero attached hydrogens (tertiary/aromatic N) is 1. The minimum Gasteiger partial charge on any atom is -0.399 e. The first-order chi connectivity index (χ1) is 9.66. The number of morpholine rings is 1. The summed E-state index contributed by atoms with van der Waals surface area (Å²) in [5, 5.41) is 0.461. The van der Waals surface area contributed by atoms with Crippen LogP contribution in [0.25, 0.3) is 0 Å². The number of anilines is 1. The highest BCUT2D eigenvalue weighted by Crippen LogP contribution is 2.30. The van der Waals surface area contributed by atoms with Gasteiger partial charge >= 0.3 is 0 Å². The molecule has 1 saturated heterocycles. The maximum Gasteiger partial charge on any atom is 0.255 e. The van der Waals surface area contributed by atoms with E-state index in [1.807, 2.05) is 4.90 Å². The SMILES string of the molecule is Nc1ccc(Cl)c(C(=O)N2CCOC3CCCCC32)c1. The molecule has 1 heterocycles. The van der Waals surface area contributed by atoms with Gasteiger partial charge in [0.15, 0.2) is 0 Å². The number of nitrogen functional groups attached to an aromatic ring is 1. The maximum absolute atomic E-state index is 12.8. The van der Waals surface area contributed by atoms with Crippen molar-refractivity contribution in [2.24, 2.45) is 0 Å². The molecule has 1 saturated carbocycles. The van der Waals surface area contributed by atoms with Gasteiger partial charge in [-0.1, -0.05) is 24.4 Å². The van der Waals surface area contributed by atoms with Gasteiger partial charge in [0.1, 0.15) is 0 Å². The van der Waals surface area contributed by atoms with Gasteiger partial charge in [-0.15, -0.1) is 0 Å². The number of ether oxygens (including phenoxy) is 1. The molecule has 1 amide bonds.